The molecular weight excluding hydrogens is 238 g/mol. The van der Waals surface area contributed by atoms with E-state index in [1.807, 2.05) is 37.3 Å². The number of benzene rings is 1. The van der Waals surface area contributed by atoms with Gasteiger partial charge in [-0.1, -0.05) is 18.2 Å². The van der Waals surface area contributed by atoms with Gasteiger partial charge in [0.2, 0.25) is 0 Å². The second kappa shape index (κ2) is 6.69. The molecule has 0 aliphatic carbocycles. The van der Waals surface area contributed by atoms with E-state index in [1.165, 1.54) is 0 Å². The average molecular weight is 255 g/mol. The van der Waals surface area contributed by atoms with Crippen molar-refractivity contribution in [3.8, 4) is 5.75 Å². The summed E-state index contributed by atoms with van der Waals surface area (Å²) in [5.74, 6) is 0.875. The van der Waals surface area contributed by atoms with Crippen molar-refractivity contribution in [2.75, 3.05) is 6.61 Å². The minimum absolute atomic E-state index is 0.130. The number of rotatable bonds is 6. The molecule has 0 fully saturated rings. The number of carbonyl (C=O) groups is 1. The molecule has 98 valence electrons. The van der Waals surface area contributed by atoms with Crippen molar-refractivity contribution in [1.82, 2.24) is 4.98 Å². The van der Waals surface area contributed by atoms with Gasteiger partial charge in [-0.15, -0.1) is 0 Å². The molecule has 19 heavy (non-hydrogen) atoms. The predicted molar refractivity (Wildman–Crippen MR) is 74.5 cm³/mol. The Bertz CT molecular complexity index is 537. The van der Waals surface area contributed by atoms with Gasteiger partial charge in [0.05, 0.1) is 6.61 Å². The summed E-state index contributed by atoms with van der Waals surface area (Å²) in [6, 6.07) is 11.2. The van der Waals surface area contributed by atoms with Crippen LogP contribution in [-0.4, -0.2) is 17.4 Å². The largest absolute Gasteiger partial charge is 0.494 e. The molecule has 2 aromatic rings. The van der Waals surface area contributed by atoms with Gasteiger partial charge < -0.3 is 4.74 Å². The predicted octanol–water partition coefficient (Wildman–Crippen LogP) is 3.30. The van der Waals surface area contributed by atoms with Gasteiger partial charge in [0.25, 0.3) is 0 Å². The lowest BCUT2D eigenvalue weighted by molar-refractivity contribution is 0.0982. The van der Waals surface area contributed by atoms with Crippen molar-refractivity contribution in [2.45, 2.75) is 19.8 Å². The smallest absolute Gasteiger partial charge is 0.163 e. The fourth-order valence-electron chi connectivity index (χ4n) is 1.87. The highest BCUT2D eigenvalue weighted by molar-refractivity contribution is 5.96. The molecule has 3 heteroatoms. The van der Waals surface area contributed by atoms with Crippen LogP contribution in [0.4, 0.5) is 0 Å². The number of hydrogen-bond donors (Lipinski definition) is 0. The fourth-order valence-corrected chi connectivity index (χ4v) is 1.87. The van der Waals surface area contributed by atoms with Crippen LogP contribution in [0.2, 0.25) is 0 Å². The summed E-state index contributed by atoms with van der Waals surface area (Å²) in [6.07, 6.45) is 4.73. The number of aryl methyl sites for hydroxylation is 1. The summed E-state index contributed by atoms with van der Waals surface area (Å²) in [6.45, 7) is 2.53. The molecule has 3 nitrogen and oxygen atoms in total. The highest BCUT2D eigenvalue weighted by atomic mass is 16.5. The molecule has 2 rings (SSSR count). The van der Waals surface area contributed by atoms with Crippen LogP contribution in [0.25, 0.3) is 0 Å². The lowest BCUT2D eigenvalue weighted by atomic mass is 10.0. The van der Waals surface area contributed by atoms with Gasteiger partial charge in [-0.3, -0.25) is 9.78 Å². The summed E-state index contributed by atoms with van der Waals surface area (Å²) in [4.78, 5) is 16.1. The number of Topliss-reactive ketones (excluding diaryl/α,β-unsaturated/α-hetero) is 1. The maximum atomic E-state index is 12.1. The Labute approximate surface area is 113 Å². The standard InChI is InChI=1S/C16H17NO2/c1-2-19-15-7-3-6-14(11-15)16(18)9-8-13-5-4-10-17-12-13/h3-7,10-12H,2,8-9H2,1H3. The van der Waals surface area contributed by atoms with E-state index in [4.69, 9.17) is 4.74 Å². The van der Waals surface area contributed by atoms with Gasteiger partial charge in [0.1, 0.15) is 5.75 Å². The summed E-state index contributed by atoms with van der Waals surface area (Å²) >= 11 is 0. The zero-order valence-corrected chi connectivity index (χ0v) is 11.0. The number of ketones is 1. The number of aromatic nitrogens is 1. The van der Waals surface area contributed by atoms with Crippen LogP contribution in [0, 0.1) is 0 Å². The number of ether oxygens (including phenoxy) is 1. The minimum atomic E-state index is 0.130. The molecule has 1 aromatic heterocycles. The Balaban J connectivity index is 1.98. The van der Waals surface area contributed by atoms with Gasteiger partial charge >= 0.3 is 0 Å². The van der Waals surface area contributed by atoms with Crippen molar-refractivity contribution in [1.29, 1.82) is 0 Å². The Hall–Kier alpha value is -2.16. The zero-order chi connectivity index (χ0) is 13.5. The van der Waals surface area contributed by atoms with Gasteiger partial charge in [0, 0.05) is 24.4 Å². The number of hydrogen-bond acceptors (Lipinski definition) is 3. The topological polar surface area (TPSA) is 39.2 Å². The highest BCUT2D eigenvalue weighted by Gasteiger charge is 2.07. The summed E-state index contributed by atoms with van der Waals surface area (Å²) in [5.41, 5.74) is 1.78. The van der Waals surface area contributed by atoms with Crippen LogP contribution in [-0.2, 0) is 6.42 Å². The summed E-state index contributed by atoms with van der Waals surface area (Å²) in [7, 11) is 0. The van der Waals surface area contributed by atoms with Crippen molar-refractivity contribution < 1.29 is 9.53 Å². The molecule has 0 aliphatic heterocycles. The van der Waals surface area contributed by atoms with Crippen molar-refractivity contribution in [3.63, 3.8) is 0 Å². The van der Waals surface area contributed by atoms with Crippen LogP contribution < -0.4 is 4.74 Å². The molecule has 0 saturated carbocycles. The van der Waals surface area contributed by atoms with Crippen molar-refractivity contribution in [3.05, 3.63) is 59.9 Å². The maximum Gasteiger partial charge on any atom is 0.163 e. The van der Waals surface area contributed by atoms with E-state index in [0.717, 1.165) is 11.3 Å². The highest BCUT2D eigenvalue weighted by Crippen LogP contribution is 2.15. The SMILES string of the molecule is CCOc1cccc(C(=O)CCc2cccnc2)c1. The van der Waals surface area contributed by atoms with Crippen molar-refractivity contribution in [2.24, 2.45) is 0 Å². The molecule has 0 unspecified atom stereocenters. The van der Waals surface area contributed by atoms with Crippen LogP contribution in [0.5, 0.6) is 5.75 Å². The Morgan fingerprint density at radius 2 is 2.16 bits per heavy atom. The first kappa shape index (κ1) is 13.3. The Morgan fingerprint density at radius 3 is 2.89 bits per heavy atom. The van der Waals surface area contributed by atoms with Gasteiger partial charge in [-0.05, 0) is 37.1 Å². The average Bonchev–Trinajstić information content (AvgIpc) is 2.46. The first-order chi connectivity index (χ1) is 9.29. The molecule has 0 amide bonds. The Morgan fingerprint density at radius 1 is 1.26 bits per heavy atom. The third-order valence-electron chi connectivity index (χ3n) is 2.83. The van der Waals surface area contributed by atoms with Crippen LogP contribution in [0.3, 0.4) is 0 Å². The molecule has 0 bridgehead atoms. The van der Waals surface area contributed by atoms with E-state index in [0.29, 0.717) is 25.0 Å². The van der Waals surface area contributed by atoms with E-state index >= 15 is 0 Å². The normalized spacial score (nSPS) is 10.2. The number of nitrogens with zero attached hydrogens (tertiary/aromatic N) is 1. The van der Waals surface area contributed by atoms with Crippen LogP contribution in [0.1, 0.15) is 29.3 Å². The van der Waals surface area contributed by atoms with Gasteiger partial charge in [-0.25, -0.2) is 0 Å². The number of pyridine rings is 1. The molecule has 0 radical (unpaired) electrons. The van der Waals surface area contributed by atoms with Crippen LogP contribution in [0.15, 0.2) is 48.8 Å². The molecule has 0 atom stereocenters. The third kappa shape index (κ3) is 3.91. The first-order valence-electron chi connectivity index (χ1n) is 6.44. The minimum Gasteiger partial charge on any atom is -0.494 e. The van der Waals surface area contributed by atoms with E-state index < -0.39 is 0 Å². The molecule has 0 saturated heterocycles. The summed E-state index contributed by atoms with van der Waals surface area (Å²) in [5, 5.41) is 0. The molecule has 1 aromatic carbocycles. The van der Waals surface area contributed by atoms with Crippen molar-refractivity contribution >= 4 is 5.78 Å². The molecule has 1 heterocycles. The van der Waals surface area contributed by atoms with Gasteiger partial charge in [-0.2, -0.15) is 0 Å². The third-order valence-corrected chi connectivity index (χ3v) is 2.83. The second-order valence-corrected chi connectivity index (χ2v) is 4.25. The maximum absolute atomic E-state index is 12.1. The Kier molecular flexibility index (Phi) is 4.67. The first-order valence-corrected chi connectivity index (χ1v) is 6.44. The zero-order valence-electron chi connectivity index (χ0n) is 11.0. The molecule has 0 aliphatic rings. The fraction of sp³-hybridized carbons (Fsp3) is 0.250. The molecular formula is C16H17NO2. The summed E-state index contributed by atoms with van der Waals surface area (Å²) < 4.78 is 5.40. The van der Waals surface area contributed by atoms with Gasteiger partial charge in [0.15, 0.2) is 5.78 Å². The second-order valence-electron chi connectivity index (χ2n) is 4.25. The number of carbonyl (C=O) groups excluding carboxylic acids is 1. The lowest BCUT2D eigenvalue weighted by Crippen LogP contribution is -2.02. The monoisotopic (exact) mass is 255 g/mol. The van der Waals surface area contributed by atoms with E-state index in [-0.39, 0.29) is 5.78 Å². The molecule has 0 spiro atoms. The van der Waals surface area contributed by atoms with E-state index in [2.05, 4.69) is 4.98 Å². The van der Waals surface area contributed by atoms with E-state index in [1.54, 1.807) is 18.5 Å². The molecule has 0 N–H and O–H groups in total. The van der Waals surface area contributed by atoms with Crippen LogP contribution >= 0.6 is 0 Å². The van der Waals surface area contributed by atoms with E-state index in [9.17, 15) is 4.79 Å². The lowest BCUT2D eigenvalue weighted by Gasteiger charge is -2.05. The quantitative estimate of drug-likeness (QED) is 0.743.